The lowest BCUT2D eigenvalue weighted by molar-refractivity contribution is -0.132. The van der Waals surface area contributed by atoms with Crippen molar-refractivity contribution in [2.45, 2.75) is 12.5 Å². The summed E-state index contributed by atoms with van der Waals surface area (Å²) >= 11 is 12.0. The molecule has 1 aliphatic heterocycles. The summed E-state index contributed by atoms with van der Waals surface area (Å²) in [4.78, 5) is 20.2. The van der Waals surface area contributed by atoms with Gasteiger partial charge >= 0.3 is 0 Å². The maximum Gasteiger partial charge on any atom is 0.239 e. The average molecular weight is 432 g/mol. The summed E-state index contributed by atoms with van der Waals surface area (Å²) in [6.45, 7) is 2.09. The summed E-state index contributed by atoms with van der Waals surface area (Å²) in [5, 5.41) is 0.932. The number of carbonyl (C=O) groups excluding carboxylic acids is 1. The number of pyridine rings is 1. The Kier molecular flexibility index (Phi) is 8.21. The van der Waals surface area contributed by atoms with Crippen LogP contribution in [0.25, 0.3) is 0 Å². The van der Waals surface area contributed by atoms with Crippen LogP contribution in [0.15, 0.2) is 12.3 Å². The Morgan fingerprint density at radius 2 is 1.92 bits per heavy atom. The number of nitrogens with zero attached hydrogens (tertiary/aromatic N) is 3. The molecule has 25 heavy (non-hydrogen) atoms. The first kappa shape index (κ1) is 22.2. The Labute approximate surface area is 163 Å². The van der Waals surface area contributed by atoms with E-state index in [1.807, 2.05) is 4.90 Å². The first-order chi connectivity index (χ1) is 11.2. The lowest BCUT2D eigenvalue weighted by Crippen LogP contribution is -2.53. The molecule has 1 amide bonds. The number of aromatic nitrogens is 1. The van der Waals surface area contributed by atoms with E-state index in [1.54, 1.807) is 11.0 Å². The van der Waals surface area contributed by atoms with E-state index in [1.165, 1.54) is 6.20 Å². The Balaban J connectivity index is 0.00000312. The zero-order chi connectivity index (χ0) is 17.9. The summed E-state index contributed by atoms with van der Waals surface area (Å²) in [5.74, 6) is 0.312. The molecule has 0 bridgehead atoms. The highest BCUT2D eigenvalue weighted by Crippen LogP contribution is 2.26. The third-order valence-corrected chi connectivity index (χ3v) is 5.26. The summed E-state index contributed by atoms with van der Waals surface area (Å²) in [6, 6.07) is 0.827. The van der Waals surface area contributed by atoms with Crippen LogP contribution in [0, 0.1) is 0 Å². The second-order valence-electron chi connectivity index (χ2n) is 5.80. The van der Waals surface area contributed by atoms with Gasteiger partial charge in [-0.3, -0.25) is 4.79 Å². The molecule has 2 heterocycles. The van der Waals surface area contributed by atoms with Crippen LogP contribution in [-0.2, 0) is 14.6 Å². The number of carbonyl (C=O) groups is 1. The molecule has 142 valence electrons. The lowest BCUT2D eigenvalue weighted by Gasteiger charge is -2.36. The molecule has 1 aliphatic rings. The predicted octanol–water partition coefficient (Wildman–Crippen LogP) is 1.22. The molecule has 1 fully saturated rings. The summed E-state index contributed by atoms with van der Waals surface area (Å²) in [5.41, 5.74) is 5.82. The van der Waals surface area contributed by atoms with Gasteiger partial charge in [-0.25, -0.2) is 13.4 Å². The van der Waals surface area contributed by atoms with Gasteiger partial charge in [-0.1, -0.05) is 23.2 Å². The third kappa shape index (κ3) is 6.45. The Morgan fingerprint density at radius 3 is 2.44 bits per heavy atom. The average Bonchev–Trinajstić information content (AvgIpc) is 2.51. The fourth-order valence-electron chi connectivity index (χ4n) is 2.48. The van der Waals surface area contributed by atoms with Gasteiger partial charge in [0.2, 0.25) is 5.91 Å². The van der Waals surface area contributed by atoms with E-state index < -0.39 is 15.9 Å². The minimum absolute atomic E-state index is 0. The van der Waals surface area contributed by atoms with Crippen molar-refractivity contribution in [1.82, 2.24) is 9.88 Å². The molecule has 1 atom stereocenters. The number of hydrogen-bond acceptors (Lipinski definition) is 6. The van der Waals surface area contributed by atoms with E-state index in [2.05, 4.69) is 4.98 Å². The van der Waals surface area contributed by atoms with Gasteiger partial charge in [0.05, 0.1) is 21.8 Å². The van der Waals surface area contributed by atoms with Gasteiger partial charge in [0.15, 0.2) is 0 Å². The van der Waals surface area contributed by atoms with Gasteiger partial charge < -0.3 is 15.5 Å². The number of amides is 1. The number of nitrogens with two attached hydrogens (primary N) is 1. The number of piperazine rings is 1. The molecule has 0 spiro atoms. The highest BCUT2D eigenvalue weighted by atomic mass is 35.5. The number of anilines is 1. The van der Waals surface area contributed by atoms with E-state index in [4.69, 9.17) is 28.9 Å². The summed E-state index contributed by atoms with van der Waals surface area (Å²) in [7, 11) is -3.13. The second-order valence-corrected chi connectivity index (χ2v) is 8.90. The lowest BCUT2D eigenvalue weighted by atomic mass is 10.2. The highest BCUT2D eigenvalue weighted by molar-refractivity contribution is 7.90. The number of halogens is 3. The largest absolute Gasteiger partial charge is 0.352 e. The molecule has 1 saturated heterocycles. The van der Waals surface area contributed by atoms with Crippen LogP contribution in [0.4, 0.5) is 5.82 Å². The highest BCUT2D eigenvalue weighted by Gasteiger charge is 2.27. The molecular formula is C14H21Cl3N4O3S. The predicted molar refractivity (Wildman–Crippen MR) is 103 cm³/mol. The Bertz CT molecular complexity index is 709. The van der Waals surface area contributed by atoms with Crippen molar-refractivity contribution in [3.8, 4) is 0 Å². The van der Waals surface area contributed by atoms with Crippen molar-refractivity contribution in [3.05, 3.63) is 22.3 Å². The molecule has 0 radical (unpaired) electrons. The standard InChI is InChI=1S/C14H20Cl2N4O3S.ClH/c1-24(22,23)7-2-12(17)14(21)20-5-3-19(4-6-20)13-11(16)8-10(15)9-18-13;/h8-9,12H,2-7,17H2,1H3;1H. The van der Waals surface area contributed by atoms with Crippen molar-refractivity contribution in [2.24, 2.45) is 5.73 Å². The maximum atomic E-state index is 12.3. The van der Waals surface area contributed by atoms with Crippen LogP contribution in [-0.4, -0.2) is 68.4 Å². The van der Waals surface area contributed by atoms with Crippen molar-refractivity contribution >= 4 is 57.2 Å². The van der Waals surface area contributed by atoms with Gasteiger partial charge in [0, 0.05) is 38.6 Å². The molecular weight excluding hydrogens is 411 g/mol. The van der Waals surface area contributed by atoms with Gasteiger partial charge in [0.25, 0.3) is 0 Å². The fourth-order valence-corrected chi connectivity index (χ4v) is 3.66. The molecule has 2 N–H and O–H groups in total. The fraction of sp³-hybridized carbons (Fsp3) is 0.571. The van der Waals surface area contributed by atoms with Crippen LogP contribution in [0.1, 0.15) is 6.42 Å². The van der Waals surface area contributed by atoms with Gasteiger partial charge in [-0.05, 0) is 12.5 Å². The van der Waals surface area contributed by atoms with Gasteiger partial charge in [0.1, 0.15) is 15.7 Å². The minimum atomic E-state index is -3.13. The maximum absolute atomic E-state index is 12.3. The normalized spacial score (nSPS) is 16.3. The molecule has 2 rings (SSSR count). The number of hydrogen-bond donors (Lipinski definition) is 1. The smallest absolute Gasteiger partial charge is 0.239 e. The Hall–Kier alpha value is -0.800. The van der Waals surface area contributed by atoms with Crippen molar-refractivity contribution in [2.75, 3.05) is 43.1 Å². The van der Waals surface area contributed by atoms with Crippen LogP contribution < -0.4 is 10.6 Å². The van der Waals surface area contributed by atoms with Crippen LogP contribution >= 0.6 is 35.6 Å². The zero-order valence-corrected chi connectivity index (χ0v) is 16.8. The molecule has 0 aromatic carbocycles. The van der Waals surface area contributed by atoms with Crippen LogP contribution in [0.5, 0.6) is 0 Å². The van der Waals surface area contributed by atoms with E-state index in [-0.39, 0.29) is 30.5 Å². The summed E-state index contributed by atoms with van der Waals surface area (Å²) < 4.78 is 22.3. The van der Waals surface area contributed by atoms with Crippen LogP contribution in [0.3, 0.4) is 0 Å². The molecule has 1 aromatic rings. The van der Waals surface area contributed by atoms with Crippen LogP contribution in [0.2, 0.25) is 10.0 Å². The third-order valence-electron chi connectivity index (χ3n) is 3.80. The first-order valence-corrected chi connectivity index (χ1v) is 10.3. The molecule has 0 aliphatic carbocycles. The zero-order valence-electron chi connectivity index (χ0n) is 13.7. The quantitative estimate of drug-likeness (QED) is 0.753. The van der Waals surface area contributed by atoms with E-state index in [0.717, 1.165) is 6.26 Å². The van der Waals surface area contributed by atoms with E-state index in [9.17, 15) is 13.2 Å². The molecule has 11 heteroatoms. The molecule has 0 saturated carbocycles. The first-order valence-electron chi connectivity index (χ1n) is 7.45. The molecule has 7 nitrogen and oxygen atoms in total. The van der Waals surface area contributed by atoms with E-state index >= 15 is 0 Å². The second kappa shape index (κ2) is 9.23. The number of rotatable bonds is 5. The monoisotopic (exact) mass is 430 g/mol. The molecule has 1 unspecified atom stereocenters. The van der Waals surface area contributed by atoms with Gasteiger partial charge in [-0.15, -0.1) is 12.4 Å². The topological polar surface area (TPSA) is 96.6 Å². The van der Waals surface area contributed by atoms with Crippen molar-refractivity contribution < 1.29 is 13.2 Å². The molecule has 1 aromatic heterocycles. The van der Waals surface area contributed by atoms with Gasteiger partial charge in [-0.2, -0.15) is 0 Å². The van der Waals surface area contributed by atoms with Crippen molar-refractivity contribution in [1.29, 1.82) is 0 Å². The Morgan fingerprint density at radius 1 is 1.32 bits per heavy atom. The number of sulfone groups is 1. The SMILES string of the molecule is CS(=O)(=O)CCC(N)C(=O)N1CCN(c2ncc(Cl)cc2Cl)CC1.Cl. The minimum Gasteiger partial charge on any atom is -0.352 e. The van der Waals surface area contributed by atoms with Crippen molar-refractivity contribution in [3.63, 3.8) is 0 Å². The summed E-state index contributed by atoms with van der Waals surface area (Å²) in [6.07, 6.45) is 2.79. The van der Waals surface area contributed by atoms with E-state index in [0.29, 0.717) is 42.0 Å².